The molecule has 0 spiro atoms. The summed E-state index contributed by atoms with van der Waals surface area (Å²) < 4.78 is 0. The summed E-state index contributed by atoms with van der Waals surface area (Å²) >= 11 is 0. The quantitative estimate of drug-likeness (QED) is 0.363. The molecule has 0 aromatic rings. The molecule has 0 saturated heterocycles. The van der Waals surface area contributed by atoms with Gasteiger partial charge in [-0.3, -0.25) is 0 Å². The largest absolute Gasteiger partial charge is 0.328 e. The van der Waals surface area contributed by atoms with Gasteiger partial charge in [-0.05, 0) is 26.2 Å². The lowest BCUT2D eigenvalue weighted by Crippen LogP contribution is -2.21. The third-order valence-corrected chi connectivity index (χ3v) is 1.65. The summed E-state index contributed by atoms with van der Waals surface area (Å²) in [6, 6.07) is 0.181. The average Bonchev–Trinajstić information content (AvgIpc) is 1.86. The van der Waals surface area contributed by atoms with Crippen LogP contribution >= 0.6 is 0 Å². The molecule has 0 rings (SSSR count). The Kier molecular flexibility index (Phi) is 4.61. The van der Waals surface area contributed by atoms with Crippen molar-refractivity contribution in [1.82, 2.24) is 0 Å². The first-order chi connectivity index (χ1) is 5.07. The molecule has 0 bridgehead atoms. The Morgan fingerprint density at radius 2 is 2.09 bits per heavy atom. The van der Waals surface area contributed by atoms with Crippen LogP contribution < -0.4 is 5.73 Å². The van der Waals surface area contributed by atoms with E-state index in [0.29, 0.717) is 5.92 Å². The molecule has 0 aliphatic rings. The van der Waals surface area contributed by atoms with Gasteiger partial charge in [0.1, 0.15) is 0 Å². The van der Waals surface area contributed by atoms with Crippen LogP contribution in [0.25, 0.3) is 0 Å². The van der Waals surface area contributed by atoms with Crippen molar-refractivity contribution in [3.05, 3.63) is 0 Å². The summed E-state index contributed by atoms with van der Waals surface area (Å²) in [6.45, 7) is 5.86. The maximum atomic E-state index is 6.52. The van der Waals surface area contributed by atoms with E-state index in [9.17, 15) is 0 Å². The van der Waals surface area contributed by atoms with Gasteiger partial charge in [0.2, 0.25) is 0 Å². The first-order valence-electron chi connectivity index (χ1n) is 3.74. The van der Waals surface area contributed by atoms with Crippen molar-refractivity contribution < 1.29 is 0 Å². The van der Waals surface area contributed by atoms with Gasteiger partial charge in [-0.1, -0.05) is 12.1 Å². The SMILES string of the molecule is C/C(=N\N=N)C(C)C[C@H](C)N. The molecular weight excluding hydrogens is 140 g/mol. The Balaban J connectivity index is 3.91. The van der Waals surface area contributed by atoms with Gasteiger partial charge in [-0.15, -0.1) is 5.10 Å². The highest BCUT2D eigenvalue weighted by atomic mass is 15.3. The minimum absolute atomic E-state index is 0.181. The second-order valence-corrected chi connectivity index (χ2v) is 2.96. The minimum Gasteiger partial charge on any atom is -0.328 e. The predicted octanol–water partition coefficient (Wildman–Crippen LogP) is 1.77. The smallest absolute Gasteiger partial charge is 0.0421 e. The van der Waals surface area contributed by atoms with E-state index in [0.717, 1.165) is 12.1 Å². The van der Waals surface area contributed by atoms with E-state index in [1.54, 1.807) is 0 Å². The highest BCUT2D eigenvalue weighted by Crippen LogP contribution is 2.06. The first kappa shape index (κ1) is 10.2. The van der Waals surface area contributed by atoms with E-state index in [4.69, 9.17) is 11.3 Å². The molecule has 0 fully saturated rings. The summed E-state index contributed by atoms with van der Waals surface area (Å²) in [5, 5.41) is 6.59. The van der Waals surface area contributed by atoms with Crippen LogP contribution in [0.2, 0.25) is 0 Å². The zero-order valence-electron chi connectivity index (χ0n) is 7.33. The average molecular weight is 156 g/mol. The molecule has 11 heavy (non-hydrogen) atoms. The summed E-state index contributed by atoms with van der Waals surface area (Å²) in [5.74, 6) is 0.323. The molecule has 0 radical (unpaired) electrons. The van der Waals surface area contributed by atoms with Crippen molar-refractivity contribution in [2.24, 2.45) is 22.0 Å². The zero-order valence-corrected chi connectivity index (χ0v) is 7.33. The van der Waals surface area contributed by atoms with Crippen molar-refractivity contribution in [1.29, 1.82) is 5.53 Å². The molecule has 2 atom stereocenters. The number of nitrogens with one attached hydrogen (secondary N) is 1. The Morgan fingerprint density at radius 3 is 2.45 bits per heavy atom. The van der Waals surface area contributed by atoms with Crippen LogP contribution in [0.3, 0.4) is 0 Å². The fourth-order valence-corrected chi connectivity index (χ4v) is 0.906. The van der Waals surface area contributed by atoms with Crippen molar-refractivity contribution >= 4 is 5.71 Å². The Bertz CT molecular complexity index is 151. The maximum absolute atomic E-state index is 6.52. The third-order valence-electron chi connectivity index (χ3n) is 1.65. The second kappa shape index (κ2) is 4.96. The highest BCUT2D eigenvalue weighted by molar-refractivity contribution is 5.83. The molecule has 0 aromatic heterocycles. The molecule has 0 aliphatic carbocycles. The highest BCUT2D eigenvalue weighted by Gasteiger charge is 2.07. The summed E-state index contributed by atoms with van der Waals surface area (Å²) in [7, 11) is 0. The van der Waals surface area contributed by atoms with E-state index in [1.165, 1.54) is 0 Å². The van der Waals surface area contributed by atoms with Crippen LogP contribution in [0, 0.1) is 11.4 Å². The first-order valence-corrected chi connectivity index (χ1v) is 3.74. The summed E-state index contributed by atoms with van der Waals surface area (Å²) in [4.78, 5) is 0. The van der Waals surface area contributed by atoms with Gasteiger partial charge in [0.15, 0.2) is 0 Å². The van der Waals surface area contributed by atoms with Gasteiger partial charge in [0, 0.05) is 11.8 Å². The van der Waals surface area contributed by atoms with Gasteiger partial charge >= 0.3 is 0 Å². The predicted molar refractivity (Wildman–Crippen MR) is 45.7 cm³/mol. The lowest BCUT2D eigenvalue weighted by atomic mass is 9.99. The van der Waals surface area contributed by atoms with Crippen LogP contribution in [0.4, 0.5) is 0 Å². The molecule has 0 saturated carbocycles. The van der Waals surface area contributed by atoms with Crippen LogP contribution in [0.15, 0.2) is 10.3 Å². The van der Waals surface area contributed by atoms with Crippen molar-refractivity contribution in [3.8, 4) is 0 Å². The summed E-state index contributed by atoms with van der Waals surface area (Å²) in [5.41, 5.74) is 13.0. The normalized spacial score (nSPS) is 17.6. The number of nitrogens with zero attached hydrogens (tertiary/aromatic N) is 2. The Labute approximate surface area is 67.4 Å². The lowest BCUT2D eigenvalue weighted by molar-refractivity contribution is 0.581. The van der Waals surface area contributed by atoms with Gasteiger partial charge in [-0.25, -0.2) is 0 Å². The molecular formula is C7H16N4. The standard InChI is InChI=1S/C7H16N4/c1-5(4-6(2)8)7(3)10-11-9/h5-6,9H,4,8H2,1-3H3/b10-7+,11-9?/t5?,6-/m0/s1. The van der Waals surface area contributed by atoms with Gasteiger partial charge in [0.25, 0.3) is 0 Å². The number of rotatable bonds is 4. The van der Waals surface area contributed by atoms with Crippen molar-refractivity contribution in [3.63, 3.8) is 0 Å². The van der Waals surface area contributed by atoms with E-state index in [2.05, 4.69) is 10.3 Å². The number of hydrogen-bond donors (Lipinski definition) is 2. The molecule has 0 heterocycles. The van der Waals surface area contributed by atoms with E-state index >= 15 is 0 Å². The second-order valence-electron chi connectivity index (χ2n) is 2.96. The molecule has 0 amide bonds. The molecule has 1 unspecified atom stereocenters. The maximum Gasteiger partial charge on any atom is 0.0421 e. The lowest BCUT2D eigenvalue weighted by Gasteiger charge is -2.11. The zero-order chi connectivity index (χ0) is 8.85. The molecule has 3 N–H and O–H groups in total. The molecule has 4 heteroatoms. The van der Waals surface area contributed by atoms with Crippen LogP contribution in [-0.2, 0) is 0 Å². The van der Waals surface area contributed by atoms with Gasteiger partial charge in [0.05, 0.1) is 0 Å². The number of hydrogen-bond acceptors (Lipinski definition) is 3. The molecule has 0 aliphatic heterocycles. The fraction of sp³-hybridized carbons (Fsp3) is 0.857. The summed E-state index contributed by atoms with van der Waals surface area (Å²) in [6.07, 6.45) is 0.894. The molecule has 64 valence electrons. The van der Waals surface area contributed by atoms with Gasteiger partial charge < -0.3 is 5.73 Å². The monoisotopic (exact) mass is 156 g/mol. The van der Waals surface area contributed by atoms with Crippen molar-refractivity contribution in [2.45, 2.75) is 33.2 Å². The van der Waals surface area contributed by atoms with E-state index in [1.807, 2.05) is 20.8 Å². The van der Waals surface area contributed by atoms with Crippen LogP contribution in [0.1, 0.15) is 27.2 Å². The van der Waals surface area contributed by atoms with Crippen LogP contribution in [0.5, 0.6) is 0 Å². The molecule has 4 nitrogen and oxygen atoms in total. The Hall–Kier alpha value is -0.770. The van der Waals surface area contributed by atoms with Crippen LogP contribution in [-0.4, -0.2) is 11.8 Å². The Morgan fingerprint density at radius 1 is 1.55 bits per heavy atom. The fourth-order valence-electron chi connectivity index (χ4n) is 0.906. The molecule has 0 aromatic carbocycles. The van der Waals surface area contributed by atoms with E-state index in [-0.39, 0.29) is 6.04 Å². The van der Waals surface area contributed by atoms with Crippen molar-refractivity contribution in [2.75, 3.05) is 0 Å². The van der Waals surface area contributed by atoms with Gasteiger partial charge in [-0.2, -0.15) is 5.53 Å². The topological polar surface area (TPSA) is 74.6 Å². The van der Waals surface area contributed by atoms with E-state index < -0.39 is 0 Å². The number of nitrogens with two attached hydrogens (primary N) is 1. The minimum atomic E-state index is 0.181. The third kappa shape index (κ3) is 4.61.